The third kappa shape index (κ3) is 3.76. The number of alkyl halides is 3. The van der Waals surface area contributed by atoms with Crippen LogP contribution in [0, 0.1) is 0 Å². The Hall–Kier alpha value is -3.10. The van der Waals surface area contributed by atoms with Gasteiger partial charge in [-0.1, -0.05) is 18.2 Å². The van der Waals surface area contributed by atoms with E-state index in [2.05, 4.69) is 20.3 Å². The molecule has 3 rings (SSSR count). The van der Waals surface area contributed by atoms with Gasteiger partial charge >= 0.3 is 11.9 Å². The molecule has 0 fully saturated rings. The van der Waals surface area contributed by atoms with Crippen LogP contribution in [0.4, 0.5) is 13.2 Å². The van der Waals surface area contributed by atoms with E-state index in [0.717, 1.165) is 6.07 Å². The Morgan fingerprint density at radius 2 is 1.92 bits per heavy atom. The summed E-state index contributed by atoms with van der Waals surface area (Å²) in [6, 6.07) is 7.66. The van der Waals surface area contributed by atoms with Crippen molar-refractivity contribution < 1.29 is 18.0 Å². The van der Waals surface area contributed by atoms with Crippen LogP contribution in [0.15, 0.2) is 41.2 Å². The molecule has 0 saturated carbocycles. The van der Waals surface area contributed by atoms with Crippen molar-refractivity contribution in [1.82, 2.24) is 20.3 Å². The van der Waals surface area contributed by atoms with Crippen molar-refractivity contribution in [3.63, 3.8) is 0 Å². The smallest absolute Gasteiger partial charge is 0.348 e. The molecule has 0 bridgehead atoms. The topological polar surface area (TPSA) is 90.6 Å². The van der Waals surface area contributed by atoms with E-state index in [9.17, 15) is 22.8 Å². The van der Waals surface area contributed by atoms with Crippen molar-refractivity contribution in [3.8, 4) is 0 Å². The molecule has 1 aromatic carbocycles. The Labute approximate surface area is 145 Å². The van der Waals surface area contributed by atoms with Gasteiger partial charge in [0, 0.05) is 6.04 Å². The van der Waals surface area contributed by atoms with Gasteiger partial charge in [0.1, 0.15) is 5.69 Å². The summed E-state index contributed by atoms with van der Waals surface area (Å²) in [4.78, 5) is 32.5. The Kier molecular flexibility index (Phi) is 4.54. The van der Waals surface area contributed by atoms with E-state index in [0.29, 0.717) is 5.52 Å². The minimum atomic E-state index is -4.45. The van der Waals surface area contributed by atoms with Crippen LogP contribution in [0.25, 0.3) is 11.2 Å². The van der Waals surface area contributed by atoms with Gasteiger partial charge in [-0.2, -0.15) is 13.2 Å². The van der Waals surface area contributed by atoms with Crippen LogP contribution < -0.4 is 11.0 Å². The molecule has 0 aliphatic heterocycles. The first kappa shape index (κ1) is 17.7. The molecule has 0 aliphatic rings. The fraction of sp³-hybridized carbons (Fsp3) is 0.235. The molecular formula is C17H15F3N4O2. The van der Waals surface area contributed by atoms with Gasteiger partial charge < -0.3 is 10.3 Å². The van der Waals surface area contributed by atoms with E-state index in [1.807, 2.05) is 0 Å². The second-order valence-corrected chi connectivity index (χ2v) is 5.91. The summed E-state index contributed by atoms with van der Waals surface area (Å²) in [5.41, 5.74) is -0.306. The minimum Gasteiger partial charge on any atom is -0.348 e. The van der Waals surface area contributed by atoms with E-state index in [-0.39, 0.29) is 23.3 Å². The molecule has 1 atom stereocenters. The molecule has 3 aromatic rings. The van der Waals surface area contributed by atoms with Crippen molar-refractivity contribution in [2.75, 3.05) is 0 Å². The SMILES string of the molecule is CC(Cc1ccccc1C(F)(F)F)NC(=O)c1ccc2[nH]c(=O)[nH]c2n1. The number of hydrogen-bond acceptors (Lipinski definition) is 3. The fourth-order valence-electron chi connectivity index (χ4n) is 2.70. The maximum Gasteiger partial charge on any atom is 0.416 e. The van der Waals surface area contributed by atoms with E-state index in [1.165, 1.54) is 30.3 Å². The lowest BCUT2D eigenvalue weighted by atomic mass is 10.0. The summed E-state index contributed by atoms with van der Waals surface area (Å²) < 4.78 is 39.1. The molecule has 26 heavy (non-hydrogen) atoms. The van der Waals surface area contributed by atoms with Crippen LogP contribution in [-0.4, -0.2) is 26.9 Å². The number of halogens is 3. The van der Waals surface area contributed by atoms with Crippen LogP contribution >= 0.6 is 0 Å². The third-order valence-corrected chi connectivity index (χ3v) is 3.83. The van der Waals surface area contributed by atoms with Gasteiger partial charge in [0.25, 0.3) is 5.91 Å². The number of imidazole rings is 1. The number of fused-ring (bicyclic) bond motifs is 1. The largest absolute Gasteiger partial charge is 0.416 e. The lowest BCUT2D eigenvalue weighted by molar-refractivity contribution is -0.138. The zero-order valence-corrected chi connectivity index (χ0v) is 13.6. The van der Waals surface area contributed by atoms with Crippen molar-refractivity contribution >= 4 is 17.1 Å². The number of carbonyl (C=O) groups is 1. The van der Waals surface area contributed by atoms with Crippen LogP contribution in [0.2, 0.25) is 0 Å². The zero-order chi connectivity index (χ0) is 18.9. The minimum absolute atomic E-state index is 0.0185. The second kappa shape index (κ2) is 6.66. The van der Waals surface area contributed by atoms with E-state index in [1.54, 1.807) is 6.92 Å². The molecule has 2 aromatic heterocycles. The van der Waals surface area contributed by atoms with Crippen LogP contribution in [0.5, 0.6) is 0 Å². The Morgan fingerprint density at radius 3 is 2.65 bits per heavy atom. The predicted octanol–water partition coefficient (Wildman–Crippen LogP) is 2.63. The van der Waals surface area contributed by atoms with Gasteiger partial charge in [0.15, 0.2) is 5.65 Å². The molecule has 9 heteroatoms. The second-order valence-electron chi connectivity index (χ2n) is 5.91. The molecule has 2 heterocycles. The number of nitrogens with zero attached hydrogens (tertiary/aromatic N) is 1. The van der Waals surface area contributed by atoms with Gasteiger partial charge in [0.05, 0.1) is 11.1 Å². The standard InChI is InChI=1S/C17H15F3N4O2/c1-9(8-10-4-2-3-5-11(10)17(18,19)20)21-15(25)13-7-6-12-14(22-13)24-16(26)23-12/h2-7,9H,8H2,1H3,(H,21,25)(H2,22,23,24,26). The van der Waals surface area contributed by atoms with Gasteiger partial charge in [0.2, 0.25) is 0 Å². The molecule has 0 spiro atoms. The van der Waals surface area contributed by atoms with Crippen molar-refractivity contribution in [3.05, 3.63) is 63.7 Å². The molecule has 136 valence electrons. The molecule has 3 N–H and O–H groups in total. The molecule has 1 amide bonds. The zero-order valence-electron chi connectivity index (χ0n) is 13.6. The highest BCUT2D eigenvalue weighted by Gasteiger charge is 2.33. The number of aromatic nitrogens is 3. The first-order valence-electron chi connectivity index (χ1n) is 7.79. The maximum absolute atomic E-state index is 13.0. The van der Waals surface area contributed by atoms with E-state index in [4.69, 9.17) is 0 Å². The van der Waals surface area contributed by atoms with Gasteiger partial charge in [-0.3, -0.25) is 9.78 Å². The summed E-state index contributed by atoms with van der Waals surface area (Å²) in [5, 5.41) is 2.62. The summed E-state index contributed by atoms with van der Waals surface area (Å²) in [6.45, 7) is 1.61. The monoisotopic (exact) mass is 364 g/mol. The summed E-state index contributed by atoms with van der Waals surface area (Å²) in [6.07, 6.45) is -4.43. The molecule has 6 nitrogen and oxygen atoms in total. The van der Waals surface area contributed by atoms with Crippen molar-refractivity contribution in [2.24, 2.45) is 0 Å². The number of nitrogens with one attached hydrogen (secondary N) is 3. The van der Waals surface area contributed by atoms with Gasteiger partial charge in [-0.15, -0.1) is 0 Å². The van der Waals surface area contributed by atoms with Crippen LogP contribution in [0.1, 0.15) is 28.5 Å². The number of benzene rings is 1. The van der Waals surface area contributed by atoms with Gasteiger partial charge in [-0.25, -0.2) is 9.78 Å². The average Bonchev–Trinajstić information content (AvgIpc) is 2.93. The highest BCUT2D eigenvalue weighted by Crippen LogP contribution is 2.32. The van der Waals surface area contributed by atoms with E-state index < -0.39 is 29.4 Å². The predicted molar refractivity (Wildman–Crippen MR) is 88.8 cm³/mol. The number of carbonyl (C=O) groups excluding carboxylic acids is 1. The number of hydrogen-bond donors (Lipinski definition) is 3. The summed E-state index contributed by atoms with van der Waals surface area (Å²) >= 11 is 0. The molecule has 0 aliphatic carbocycles. The Morgan fingerprint density at radius 1 is 1.19 bits per heavy atom. The van der Waals surface area contributed by atoms with E-state index >= 15 is 0 Å². The number of H-pyrrole nitrogens is 2. The summed E-state index contributed by atoms with van der Waals surface area (Å²) in [7, 11) is 0. The lowest BCUT2D eigenvalue weighted by Gasteiger charge is -2.17. The molecular weight excluding hydrogens is 349 g/mol. The summed E-state index contributed by atoms with van der Waals surface area (Å²) in [5.74, 6) is -0.536. The van der Waals surface area contributed by atoms with Crippen LogP contribution in [-0.2, 0) is 12.6 Å². The van der Waals surface area contributed by atoms with Crippen molar-refractivity contribution in [1.29, 1.82) is 0 Å². The maximum atomic E-state index is 13.0. The Bertz CT molecular complexity index is 1010. The number of pyridine rings is 1. The fourth-order valence-corrected chi connectivity index (χ4v) is 2.70. The van der Waals surface area contributed by atoms with Crippen molar-refractivity contribution in [2.45, 2.75) is 25.6 Å². The molecule has 1 unspecified atom stereocenters. The van der Waals surface area contributed by atoms with Crippen LogP contribution in [0.3, 0.4) is 0 Å². The Balaban J connectivity index is 1.74. The van der Waals surface area contributed by atoms with Gasteiger partial charge in [-0.05, 0) is 37.1 Å². The molecule has 0 radical (unpaired) electrons. The number of rotatable bonds is 4. The third-order valence-electron chi connectivity index (χ3n) is 3.83. The molecule has 0 saturated heterocycles. The normalized spacial score (nSPS) is 12.9. The lowest BCUT2D eigenvalue weighted by Crippen LogP contribution is -2.35. The number of amides is 1. The first-order chi connectivity index (χ1) is 12.2. The first-order valence-corrected chi connectivity index (χ1v) is 7.79. The average molecular weight is 364 g/mol. The highest BCUT2D eigenvalue weighted by atomic mass is 19.4. The number of aromatic amines is 2. The highest BCUT2D eigenvalue weighted by molar-refractivity contribution is 5.94. The quantitative estimate of drug-likeness (QED) is 0.665.